The second-order valence-electron chi connectivity index (χ2n) is 12.7. The zero-order valence-electron chi connectivity index (χ0n) is 26.7. The first-order chi connectivity index (χ1) is 21.2. The highest BCUT2D eigenvalue weighted by molar-refractivity contribution is 6.62. The van der Waals surface area contributed by atoms with Crippen molar-refractivity contribution in [2.75, 3.05) is 24.6 Å². The van der Waals surface area contributed by atoms with Gasteiger partial charge < -0.3 is 23.7 Å². The molecule has 3 heterocycles. The Hall–Kier alpha value is -3.57. The maximum atomic E-state index is 13.8. The van der Waals surface area contributed by atoms with Crippen LogP contribution < -0.4 is 15.1 Å². The molecule has 45 heavy (non-hydrogen) atoms. The summed E-state index contributed by atoms with van der Waals surface area (Å²) in [6.45, 7) is 13.4. The van der Waals surface area contributed by atoms with Crippen LogP contribution in [-0.4, -0.2) is 49.0 Å². The zero-order valence-corrected chi connectivity index (χ0v) is 26.7. The number of benzene rings is 2. The van der Waals surface area contributed by atoms with Crippen LogP contribution >= 0.6 is 0 Å². The molecule has 5 rings (SSSR count). The Bertz CT molecular complexity index is 1520. The highest BCUT2D eigenvalue weighted by Gasteiger charge is 2.51. The summed E-state index contributed by atoms with van der Waals surface area (Å²) in [7, 11) is -0.500. The molecule has 0 amide bonds. The quantitative estimate of drug-likeness (QED) is 0.203. The van der Waals surface area contributed by atoms with E-state index in [9.17, 15) is 18.0 Å². The molecule has 2 saturated heterocycles. The average Bonchev–Trinajstić information content (AvgIpc) is 3.22. The van der Waals surface area contributed by atoms with Crippen molar-refractivity contribution < 1.29 is 36.7 Å². The van der Waals surface area contributed by atoms with Crippen LogP contribution in [0.5, 0.6) is 5.75 Å². The van der Waals surface area contributed by atoms with Crippen molar-refractivity contribution in [2.24, 2.45) is 5.92 Å². The van der Waals surface area contributed by atoms with E-state index in [0.717, 1.165) is 28.7 Å². The Morgan fingerprint density at radius 1 is 1.02 bits per heavy atom. The van der Waals surface area contributed by atoms with Crippen LogP contribution in [0, 0.1) is 12.8 Å². The molecule has 0 N–H and O–H groups in total. The highest BCUT2D eigenvalue weighted by Crippen LogP contribution is 2.39. The molecule has 0 atom stereocenters. The van der Waals surface area contributed by atoms with Gasteiger partial charge in [0, 0.05) is 18.7 Å². The smallest absolute Gasteiger partial charge is 0.488 e. The van der Waals surface area contributed by atoms with Crippen LogP contribution in [0.2, 0.25) is 0 Å². The lowest BCUT2D eigenvalue weighted by Crippen LogP contribution is -2.41. The highest BCUT2D eigenvalue weighted by atomic mass is 19.4. The number of ether oxygens (including phenoxy) is 2. The molecular formula is C34H40BF3N2O5. The van der Waals surface area contributed by atoms with Crippen LogP contribution in [0.25, 0.3) is 11.3 Å². The third kappa shape index (κ3) is 7.14. The van der Waals surface area contributed by atoms with Gasteiger partial charge in [-0.2, -0.15) is 13.2 Å². The number of aromatic nitrogens is 1. The summed E-state index contributed by atoms with van der Waals surface area (Å²) in [4.78, 5) is 18.9. The average molecular weight is 625 g/mol. The van der Waals surface area contributed by atoms with Crippen molar-refractivity contribution in [3.8, 4) is 17.0 Å². The van der Waals surface area contributed by atoms with Gasteiger partial charge in [-0.3, -0.25) is 4.79 Å². The van der Waals surface area contributed by atoms with Crippen LogP contribution in [0.3, 0.4) is 0 Å². The normalized spacial score (nSPS) is 18.2. The molecule has 0 unspecified atom stereocenters. The standard InChI is InChI=1S/C34H40BF3N2O5/c1-7-42-31(41)23-15-17-40(18-16-23)30-10-8-9-28(39-30)27-20-25(34(36,37)38)12-14-29(27)43-21-24-11-13-26(19-22(24)2)35-44-32(3,4)33(5,6)45-35/h8-14,19-20,23H,7,15-18,21H2,1-6H3. The molecule has 0 saturated carbocycles. The Morgan fingerprint density at radius 3 is 2.33 bits per heavy atom. The molecule has 2 fully saturated rings. The molecule has 0 aliphatic carbocycles. The van der Waals surface area contributed by atoms with E-state index in [0.29, 0.717) is 49.8 Å². The summed E-state index contributed by atoms with van der Waals surface area (Å²) in [5, 5.41) is 0. The Balaban J connectivity index is 1.36. The van der Waals surface area contributed by atoms with Gasteiger partial charge in [0.15, 0.2) is 0 Å². The number of esters is 1. The van der Waals surface area contributed by atoms with Gasteiger partial charge in [0.2, 0.25) is 0 Å². The van der Waals surface area contributed by atoms with Crippen molar-refractivity contribution in [1.82, 2.24) is 4.98 Å². The van der Waals surface area contributed by atoms with E-state index in [2.05, 4.69) is 0 Å². The molecule has 2 aliphatic heterocycles. The number of rotatable bonds is 8. The van der Waals surface area contributed by atoms with E-state index in [1.165, 1.54) is 6.07 Å². The number of piperidine rings is 1. The van der Waals surface area contributed by atoms with Crippen molar-refractivity contribution in [3.05, 3.63) is 71.3 Å². The third-order valence-electron chi connectivity index (χ3n) is 9.03. The molecule has 0 radical (unpaired) electrons. The molecule has 1 aromatic heterocycles. The van der Waals surface area contributed by atoms with Crippen molar-refractivity contribution in [1.29, 1.82) is 0 Å². The minimum atomic E-state index is -4.53. The molecule has 0 spiro atoms. The summed E-state index contributed by atoms with van der Waals surface area (Å²) in [5.74, 6) is 0.570. The second-order valence-corrected chi connectivity index (χ2v) is 12.7. The number of carbonyl (C=O) groups excluding carboxylic acids is 1. The minimum absolute atomic E-state index is 0.148. The molecule has 11 heteroatoms. The van der Waals surface area contributed by atoms with Crippen LogP contribution in [0.15, 0.2) is 54.6 Å². The van der Waals surface area contributed by atoms with Crippen LogP contribution in [0.1, 0.15) is 64.2 Å². The predicted molar refractivity (Wildman–Crippen MR) is 167 cm³/mol. The van der Waals surface area contributed by atoms with E-state index in [4.69, 9.17) is 23.8 Å². The maximum absolute atomic E-state index is 13.8. The van der Waals surface area contributed by atoms with Crippen LogP contribution in [-0.2, 0) is 31.6 Å². The topological polar surface area (TPSA) is 70.1 Å². The number of alkyl halides is 3. The number of anilines is 1. The molecule has 0 bridgehead atoms. The SMILES string of the molecule is CCOC(=O)C1CCN(c2cccc(-c3cc(C(F)(F)F)ccc3OCc3ccc(B4OC(C)(C)C(C)(C)O4)cc3C)n2)CC1. The van der Waals surface area contributed by atoms with Gasteiger partial charge in [-0.25, -0.2) is 4.98 Å². The lowest BCUT2D eigenvalue weighted by atomic mass is 9.78. The summed E-state index contributed by atoms with van der Waals surface area (Å²) in [6.07, 6.45) is -3.29. The summed E-state index contributed by atoms with van der Waals surface area (Å²) in [5.41, 5.74) is 1.63. The lowest BCUT2D eigenvalue weighted by molar-refractivity contribution is -0.148. The Morgan fingerprint density at radius 2 is 1.71 bits per heavy atom. The lowest BCUT2D eigenvalue weighted by Gasteiger charge is -2.32. The van der Waals surface area contributed by atoms with E-state index in [1.807, 2.05) is 63.8 Å². The van der Waals surface area contributed by atoms with Crippen LogP contribution in [0.4, 0.5) is 19.0 Å². The first-order valence-electron chi connectivity index (χ1n) is 15.4. The fourth-order valence-corrected chi connectivity index (χ4v) is 5.55. The van der Waals surface area contributed by atoms with E-state index < -0.39 is 30.1 Å². The van der Waals surface area contributed by atoms with E-state index in [-0.39, 0.29) is 24.1 Å². The van der Waals surface area contributed by atoms with Gasteiger partial charge in [-0.05, 0) is 101 Å². The Kier molecular flexibility index (Phi) is 9.24. The third-order valence-corrected chi connectivity index (χ3v) is 9.03. The number of hydrogen-bond acceptors (Lipinski definition) is 7. The fraction of sp³-hybridized carbons (Fsp3) is 0.471. The number of nitrogens with zero attached hydrogens (tertiary/aromatic N) is 2. The number of pyridine rings is 1. The van der Waals surface area contributed by atoms with Gasteiger partial charge in [0.1, 0.15) is 18.2 Å². The first kappa shape index (κ1) is 32.8. The van der Waals surface area contributed by atoms with E-state index in [1.54, 1.807) is 19.1 Å². The summed E-state index contributed by atoms with van der Waals surface area (Å²) >= 11 is 0. The number of aryl methyl sites for hydroxylation is 1. The molecule has 7 nitrogen and oxygen atoms in total. The number of halogens is 3. The number of carbonyl (C=O) groups is 1. The van der Waals surface area contributed by atoms with Crippen molar-refractivity contribution >= 4 is 24.4 Å². The van der Waals surface area contributed by atoms with Gasteiger partial charge in [-0.1, -0.05) is 24.3 Å². The monoisotopic (exact) mass is 624 g/mol. The predicted octanol–water partition coefficient (Wildman–Crippen LogP) is 6.73. The Labute approximate surface area is 263 Å². The maximum Gasteiger partial charge on any atom is 0.494 e. The zero-order chi connectivity index (χ0) is 32.6. The fourth-order valence-electron chi connectivity index (χ4n) is 5.55. The first-order valence-corrected chi connectivity index (χ1v) is 15.4. The van der Waals surface area contributed by atoms with Crippen molar-refractivity contribution in [2.45, 2.75) is 78.4 Å². The largest absolute Gasteiger partial charge is 0.494 e. The van der Waals surface area contributed by atoms with E-state index >= 15 is 0 Å². The molecule has 3 aromatic rings. The summed E-state index contributed by atoms with van der Waals surface area (Å²) < 4.78 is 65.0. The molecule has 2 aromatic carbocycles. The van der Waals surface area contributed by atoms with Gasteiger partial charge in [-0.15, -0.1) is 0 Å². The molecular weight excluding hydrogens is 584 g/mol. The summed E-state index contributed by atoms with van der Waals surface area (Å²) in [6, 6.07) is 14.6. The van der Waals surface area contributed by atoms with Gasteiger partial charge in [0.25, 0.3) is 0 Å². The van der Waals surface area contributed by atoms with Gasteiger partial charge >= 0.3 is 19.3 Å². The molecule has 2 aliphatic rings. The molecule has 240 valence electrons. The van der Waals surface area contributed by atoms with Gasteiger partial charge in [0.05, 0.1) is 35.0 Å². The van der Waals surface area contributed by atoms with Crippen molar-refractivity contribution in [3.63, 3.8) is 0 Å². The number of hydrogen-bond donors (Lipinski definition) is 0. The minimum Gasteiger partial charge on any atom is -0.488 e. The second kappa shape index (κ2) is 12.7.